The molecule has 0 amide bonds. The molecular formula is C13H26N2S2. The molecule has 0 unspecified atom stereocenters. The average Bonchev–Trinajstić information content (AvgIpc) is 2.13. The summed E-state index contributed by atoms with van der Waals surface area (Å²) in [5.74, 6) is 1.06. The van der Waals surface area contributed by atoms with Crippen molar-refractivity contribution in [1.29, 1.82) is 0 Å². The lowest BCUT2D eigenvalue weighted by atomic mass is 10.3. The van der Waals surface area contributed by atoms with Gasteiger partial charge in [-0.05, 0) is 50.0 Å². The normalized spacial score (nSPS) is 15.1. The molecule has 0 spiro atoms. The van der Waals surface area contributed by atoms with Crippen molar-refractivity contribution in [1.82, 2.24) is 9.97 Å². The Balaban J connectivity index is 3.23. The first kappa shape index (κ1) is 14.8. The Morgan fingerprint density at radius 1 is 1.06 bits per heavy atom. The van der Waals surface area contributed by atoms with Crippen LogP contribution >= 0.6 is 20.1 Å². The van der Waals surface area contributed by atoms with E-state index in [1.54, 1.807) is 0 Å². The molecule has 0 fully saturated rings. The van der Waals surface area contributed by atoms with Gasteiger partial charge >= 0.3 is 0 Å². The SMILES string of the molecule is CCc1ccnc(C(S(C)(C)C)S(C)(C)C)n1. The maximum absolute atomic E-state index is 4.76. The van der Waals surface area contributed by atoms with Gasteiger partial charge in [0.25, 0.3) is 0 Å². The van der Waals surface area contributed by atoms with Crippen LogP contribution in [-0.2, 0) is 6.42 Å². The maximum atomic E-state index is 4.76. The summed E-state index contributed by atoms with van der Waals surface area (Å²) < 4.78 is 0.529. The summed E-state index contributed by atoms with van der Waals surface area (Å²) in [5.41, 5.74) is 1.16. The van der Waals surface area contributed by atoms with Crippen LogP contribution in [0.3, 0.4) is 0 Å². The second-order valence-corrected chi connectivity index (χ2v) is 14.9. The molecule has 1 aromatic rings. The molecule has 100 valence electrons. The molecule has 0 aromatic carbocycles. The quantitative estimate of drug-likeness (QED) is 0.840. The van der Waals surface area contributed by atoms with Crippen molar-refractivity contribution in [2.45, 2.75) is 17.9 Å². The number of aryl methyl sites for hydroxylation is 1. The van der Waals surface area contributed by atoms with Crippen molar-refractivity contribution in [2.75, 3.05) is 37.5 Å². The van der Waals surface area contributed by atoms with Crippen LogP contribution in [0.15, 0.2) is 12.3 Å². The summed E-state index contributed by atoms with van der Waals surface area (Å²) in [5, 5.41) is 0. The van der Waals surface area contributed by atoms with E-state index in [4.69, 9.17) is 4.98 Å². The highest BCUT2D eigenvalue weighted by Crippen LogP contribution is 2.67. The number of aromatic nitrogens is 2. The van der Waals surface area contributed by atoms with Gasteiger partial charge in [0.2, 0.25) is 0 Å². The number of nitrogens with zero attached hydrogens (tertiary/aromatic N) is 2. The number of hydrogen-bond acceptors (Lipinski definition) is 2. The van der Waals surface area contributed by atoms with Crippen molar-refractivity contribution < 1.29 is 0 Å². The van der Waals surface area contributed by atoms with Crippen molar-refractivity contribution in [3.63, 3.8) is 0 Å². The second kappa shape index (κ2) is 5.19. The molecule has 1 heterocycles. The highest BCUT2D eigenvalue weighted by molar-refractivity contribution is 8.47. The molecule has 0 saturated carbocycles. The molecule has 17 heavy (non-hydrogen) atoms. The molecule has 0 atom stereocenters. The summed E-state index contributed by atoms with van der Waals surface area (Å²) in [6.45, 7) is 2.15. The van der Waals surface area contributed by atoms with Crippen LogP contribution < -0.4 is 0 Å². The largest absolute Gasteiger partial charge is 0.239 e. The molecule has 0 aliphatic carbocycles. The fraction of sp³-hybridized carbons (Fsp3) is 0.692. The van der Waals surface area contributed by atoms with E-state index in [1.165, 1.54) is 0 Å². The molecule has 0 saturated heterocycles. The zero-order chi connectivity index (χ0) is 13.3. The van der Waals surface area contributed by atoms with Gasteiger partial charge in [0.1, 0.15) is 5.82 Å². The molecular weight excluding hydrogens is 248 g/mol. The predicted octanol–water partition coefficient (Wildman–Crippen LogP) is 3.43. The minimum Gasteiger partial charge on any atom is -0.239 e. The molecule has 1 rings (SSSR count). The topological polar surface area (TPSA) is 25.8 Å². The van der Waals surface area contributed by atoms with E-state index < -0.39 is 20.1 Å². The Kier molecular flexibility index (Phi) is 4.53. The second-order valence-electron chi connectivity index (χ2n) is 5.96. The van der Waals surface area contributed by atoms with E-state index in [0.717, 1.165) is 17.9 Å². The summed E-state index contributed by atoms with van der Waals surface area (Å²) in [6.07, 6.45) is 17.1. The molecule has 0 aliphatic rings. The molecule has 0 bridgehead atoms. The third kappa shape index (κ3) is 3.88. The summed E-state index contributed by atoms with van der Waals surface area (Å²) >= 11 is 0. The lowest BCUT2D eigenvalue weighted by Crippen LogP contribution is -2.17. The van der Waals surface area contributed by atoms with Gasteiger partial charge in [0.15, 0.2) is 0 Å². The van der Waals surface area contributed by atoms with E-state index in [0.29, 0.717) is 4.58 Å². The summed E-state index contributed by atoms with van der Waals surface area (Å²) in [6, 6.07) is 2.02. The summed E-state index contributed by atoms with van der Waals surface area (Å²) in [4.78, 5) is 9.31. The third-order valence-electron chi connectivity index (χ3n) is 2.59. The predicted molar refractivity (Wildman–Crippen MR) is 84.9 cm³/mol. The van der Waals surface area contributed by atoms with E-state index in [9.17, 15) is 0 Å². The van der Waals surface area contributed by atoms with Gasteiger partial charge in [-0.2, -0.15) is 0 Å². The molecule has 1 aromatic heterocycles. The first-order valence-electron chi connectivity index (χ1n) is 5.82. The highest BCUT2D eigenvalue weighted by Gasteiger charge is 2.32. The van der Waals surface area contributed by atoms with Gasteiger partial charge in [-0.15, -0.1) is 0 Å². The van der Waals surface area contributed by atoms with E-state index in [2.05, 4.69) is 49.4 Å². The van der Waals surface area contributed by atoms with E-state index in [-0.39, 0.29) is 0 Å². The smallest absolute Gasteiger partial charge is 0.148 e. The van der Waals surface area contributed by atoms with Crippen molar-refractivity contribution in [3.8, 4) is 0 Å². The van der Waals surface area contributed by atoms with Gasteiger partial charge in [0, 0.05) is 11.9 Å². The Morgan fingerprint density at radius 2 is 1.59 bits per heavy atom. The Bertz CT molecular complexity index is 364. The minimum atomic E-state index is -0.689. The Hall–Kier alpha value is -0.220. The minimum absolute atomic E-state index is 0.529. The Labute approximate surface area is 109 Å². The van der Waals surface area contributed by atoms with Crippen LogP contribution in [0, 0.1) is 0 Å². The highest BCUT2D eigenvalue weighted by atomic mass is 32.3. The van der Waals surface area contributed by atoms with Gasteiger partial charge in [-0.3, -0.25) is 0 Å². The zero-order valence-corrected chi connectivity index (χ0v) is 13.8. The fourth-order valence-corrected chi connectivity index (χ4v) is 10.6. The van der Waals surface area contributed by atoms with Crippen LogP contribution in [-0.4, -0.2) is 47.5 Å². The van der Waals surface area contributed by atoms with Crippen molar-refractivity contribution in [3.05, 3.63) is 23.8 Å². The average molecular weight is 274 g/mol. The summed E-state index contributed by atoms with van der Waals surface area (Å²) in [7, 11) is -1.38. The zero-order valence-electron chi connectivity index (χ0n) is 12.2. The first-order valence-corrected chi connectivity index (χ1v) is 11.7. The molecule has 2 nitrogen and oxygen atoms in total. The van der Waals surface area contributed by atoms with Crippen LogP contribution in [0.4, 0.5) is 0 Å². The van der Waals surface area contributed by atoms with Crippen molar-refractivity contribution in [2.24, 2.45) is 0 Å². The van der Waals surface area contributed by atoms with Crippen molar-refractivity contribution >= 4 is 20.1 Å². The van der Waals surface area contributed by atoms with Gasteiger partial charge < -0.3 is 0 Å². The number of rotatable bonds is 4. The Morgan fingerprint density at radius 3 is 2.00 bits per heavy atom. The van der Waals surface area contributed by atoms with Crippen LogP contribution in [0.1, 0.15) is 23.0 Å². The van der Waals surface area contributed by atoms with E-state index in [1.807, 2.05) is 12.3 Å². The number of hydrogen-bond donors (Lipinski definition) is 0. The fourth-order valence-electron chi connectivity index (χ4n) is 2.22. The molecule has 0 aliphatic heterocycles. The van der Waals surface area contributed by atoms with Gasteiger partial charge in [-0.25, -0.2) is 30.0 Å². The van der Waals surface area contributed by atoms with Crippen LogP contribution in [0.5, 0.6) is 0 Å². The lowest BCUT2D eigenvalue weighted by molar-refractivity contribution is 0.929. The maximum Gasteiger partial charge on any atom is 0.148 e. The molecule has 4 heteroatoms. The lowest BCUT2D eigenvalue weighted by Gasteiger charge is -2.46. The molecule has 0 N–H and O–H groups in total. The van der Waals surface area contributed by atoms with Gasteiger partial charge in [0.05, 0.1) is 4.58 Å². The monoisotopic (exact) mass is 274 g/mol. The van der Waals surface area contributed by atoms with Crippen LogP contribution in [0.2, 0.25) is 0 Å². The first-order chi connectivity index (χ1) is 7.66. The molecule has 0 radical (unpaired) electrons. The third-order valence-corrected chi connectivity index (χ3v) is 9.04. The van der Waals surface area contributed by atoms with Gasteiger partial charge in [-0.1, -0.05) is 6.92 Å². The standard InChI is InChI=1S/C13H26N2S2/c1-8-11-9-10-14-12(15-11)13(16(2,3)4)17(5,6)7/h9-10,13H,8H2,1-7H3. The van der Waals surface area contributed by atoms with E-state index >= 15 is 0 Å². The van der Waals surface area contributed by atoms with Crippen LogP contribution in [0.25, 0.3) is 0 Å².